The summed E-state index contributed by atoms with van der Waals surface area (Å²) in [6.07, 6.45) is 0. The van der Waals surface area contributed by atoms with E-state index in [2.05, 4.69) is 0 Å². The molecule has 0 amide bonds. The van der Waals surface area contributed by atoms with E-state index in [-0.39, 0.29) is 10.5 Å². The highest BCUT2D eigenvalue weighted by molar-refractivity contribution is 7.91. The van der Waals surface area contributed by atoms with E-state index in [0.29, 0.717) is 5.46 Å². The highest BCUT2D eigenvalue weighted by Crippen LogP contribution is 2.36. The van der Waals surface area contributed by atoms with Gasteiger partial charge in [-0.2, -0.15) is 8.78 Å². The molecular weight excluding hydrogens is 313 g/mol. The van der Waals surface area contributed by atoms with Crippen LogP contribution < -0.4 is 5.46 Å². The first-order valence-corrected chi connectivity index (χ1v) is 8.41. The smallest absolute Gasteiger partial charge is 0.399 e. The molecule has 0 saturated carbocycles. The van der Waals surface area contributed by atoms with Gasteiger partial charge in [0.1, 0.15) is 0 Å². The van der Waals surface area contributed by atoms with E-state index >= 15 is 0 Å². The zero-order valence-corrected chi connectivity index (χ0v) is 14.0. The van der Waals surface area contributed by atoms with Crippen molar-refractivity contribution in [1.82, 2.24) is 0 Å². The summed E-state index contributed by atoms with van der Waals surface area (Å²) in [5.74, 6) is -3.44. The van der Waals surface area contributed by atoms with E-state index < -0.39 is 33.9 Å². The molecule has 1 aliphatic heterocycles. The van der Waals surface area contributed by atoms with Gasteiger partial charge in [0.25, 0.3) is 0 Å². The van der Waals surface area contributed by atoms with Crippen LogP contribution >= 0.6 is 0 Å². The van der Waals surface area contributed by atoms with E-state index in [1.807, 2.05) is 27.7 Å². The number of hydrogen-bond donors (Lipinski definition) is 0. The number of aryl methyl sites for hydroxylation is 1. The summed E-state index contributed by atoms with van der Waals surface area (Å²) >= 11 is 0. The van der Waals surface area contributed by atoms with Crippen LogP contribution in [0.25, 0.3) is 0 Å². The van der Waals surface area contributed by atoms with Crippen molar-refractivity contribution in [2.75, 3.05) is 0 Å². The molecule has 1 aromatic rings. The van der Waals surface area contributed by atoms with Gasteiger partial charge in [0, 0.05) is 0 Å². The lowest BCUT2D eigenvalue weighted by atomic mass is 9.78. The average Bonchev–Trinajstić information content (AvgIpc) is 2.57. The Kier molecular flexibility index (Phi) is 4.17. The Morgan fingerprint density at radius 3 is 2.00 bits per heavy atom. The lowest BCUT2D eigenvalue weighted by Crippen LogP contribution is -2.41. The van der Waals surface area contributed by atoms with Crippen molar-refractivity contribution in [1.29, 1.82) is 0 Å². The summed E-state index contributed by atoms with van der Waals surface area (Å²) in [6, 6.07) is 4.14. The lowest BCUT2D eigenvalue weighted by Gasteiger charge is -2.32. The summed E-state index contributed by atoms with van der Waals surface area (Å²) in [6.45, 7) is 9.07. The van der Waals surface area contributed by atoms with Gasteiger partial charge in [-0.1, -0.05) is 12.1 Å². The van der Waals surface area contributed by atoms with Crippen molar-refractivity contribution in [3.63, 3.8) is 0 Å². The number of alkyl halides is 2. The number of benzene rings is 1. The molecule has 1 heterocycles. The molecule has 122 valence electrons. The molecule has 0 spiro atoms. The van der Waals surface area contributed by atoms with Gasteiger partial charge in [-0.3, -0.25) is 0 Å². The fraction of sp³-hybridized carbons (Fsp3) is 0.571. The first kappa shape index (κ1) is 17.4. The fourth-order valence-corrected chi connectivity index (χ4v) is 3.17. The zero-order valence-electron chi connectivity index (χ0n) is 13.2. The van der Waals surface area contributed by atoms with Crippen LogP contribution in [0, 0.1) is 6.92 Å². The van der Waals surface area contributed by atoms with Gasteiger partial charge in [0.05, 0.1) is 16.1 Å². The van der Waals surface area contributed by atoms with E-state index in [0.717, 1.165) is 0 Å². The van der Waals surface area contributed by atoms with Gasteiger partial charge in [-0.25, -0.2) is 8.42 Å². The first-order valence-electron chi connectivity index (χ1n) is 6.87. The summed E-state index contributed by atoms with van der Waals surface area (Å²) < 4.78 is 60.2. The van der Waals surface area contributed by atoms with Gasteiger partial charge >= 0.3 is 12.9 Å². The minimum Gasteiger partial charge on any atom is -0.399 e. The molecule has 22 heavy (non-hydrogen) atoms. The van der Waals surface area contributed by atoms with Gasteiger partial charge < -0.3 is 9.31 Å². The Balaban J connectivity index is 2.37. The van der Waals surface area contributed by atoms with Crippen LogP contribution in [-0.4, -0.2) is 32.5 Å². The van der Waals surface area contributed by atoms with Crippen molar-refractivity contribution in [2.24, 2.45) is 0 Å². The molecule has 1 aliphatic rings. The van der Waals surface area contributed by atoms with Crippen LogP contribution in [-0.2, 0) is 19.1 Å². The Labute approximate surface area is 129 Å². The molecule has 2 rings (SSSR count). The van der Waals surface area contributed by atoms with E-state index in [9.17, 15) is 17.2 Å². The van der Waals surface area contributed by atoms with E-state index in [4.69, 9.17) is 9.31 Å². The van der Waals surface area contributed by atoms with Gasteiger partial charge in [0.15, 0.2) is 0 Å². The zero-order chi connectivity index (χ0) is 16.9. The predicted octanol–water partition coefficient (Wildman–Crippen LogP) is 2.29. The van der Waals surface area contributed by atoms with Crippen LogP contribution in [0.15, 0.2) is 23.1 Å². The second-order valence-electron chi connectivity index (χ2n) is 6.42. The monoisotopic (exact) mass is 332 g/mol. The predicted molar refractivity (Wildman–Crippen MR) is 80.1 cm³/mol. The second-order valence-corrected chi connectivity index (χ2v) is 8.31. The number of sulfone groups is 1. The van der Waals surface area contributed by atoms with Crippen molar-refractivity contribution in [2.45, 2.75) is 56.5 Å². The fourth-order valence-electron chi connectivity index (χ4n) is 2.21. The quantitative estimate of drug-likeness (QED) is 0.797. The maximum Gasteiger partial charge on any atom is 0.494 e. The standard InChI is InChI=1S/C14H19BF2O4S/c1-9-8-10(6-7-11(9)22(18,19)12(16)17)15-20-13(2,3)14(4,5)21-15/h6-8,12H,1-5H3. The molecule has 0 N–H and O–H groups in total. The van der Waals surface area contributed by atoms with Gasteiger partial charge in [-0.05, 0) is 51.7 Å². The largest absolute Gasteiger partial charge is 0.494 e. The number of hydrogen-bond acceptors (Lipinski definition) is 4. The van der Waals surface area contributed by atoms with E-state index in [1.165, 1.54) is 25.1 Å². The van der Waals surface area contributed by atoms with Crippen molar-refractivity contribution < 1.29 is 26.5 Å². The van der Waals surface area contributed by atoms with Crippen LogP contribution in [0.1, 0.15) is 33.3 Å². The maximum absolute atomic E-state index is 12.6. The summed E-state index contributed by atoms with van der Waals surface area (Å²) in [5, 5.41) is 0. The highest BCUT2D eigenvalue weighted by Gasteiger charge is 2.51. The molecule has 1 aromatic carbocycles. The SMILES string of the molecule is Cc1cc(B2OC(C)(C)C(C)(C)O2)ccc1S(=O)(=O)C(F)F. The molecule has 0 aromatic heterocycles. The average molecular weight is 332 g/mol. The third-order valence-corrected chi connectivity index (χ3v) is 5.81. The first-order chi connectivity index (χ1) is 9.88. The molecular formula is C14H19BF2O4S. The van der Waals surface area contributed by atoms with Crippen molar-refractivity contribution in [3.8, 4) is 0 Å². The van der Waals surface area contributed by atoms with Crippen LogP contribution in [0.4, 0.5) is 8.78 Å². The highest BCUT2D eigenvalue weighted by atomic mass is 32.2. The van der Waals surface area contributed by atoms with Gasteiger partial charge in [-0.15, -0.1) is 0 Å². The minimum absolute atomic E-state index is 0.243. The molecule has 0 unspecified atom stereocenters. The Hall–Kier alpha value is -0.985. The topological polar surface area (TPSA) is 52.6 Å². The third kappa shape index (κ3) is 2.79. The van der Waals surface area contributed by atoms with Gasteiger partial charge in [0.2, 0.25) is 9.84 Å². The molecule has 4 nitrogen and oxygen atoms in total. The number of halogens is 2. The molecule has 0 bridgehead atoms. The van der Waals surface area contributed by atoms with Crippen molar-refractivity contribution in [3.05, 3.63) is 23.8 Å². The molecule has 0 aliphatic carbocycles. The van der Waals surface area contributed by atoms with Crippen LogP contribution in [0.2, 0.25) is 0 Å². The molecule has 1 saturated heterocycles. The molecule has 0 atom stereocenters. The third-order valence-electron chi connectivity index (χ3n) is 4.27. The summed E-state index contributed by atoms with van der Waals surface area (Å²) in [5.41, 5.74) is -0.213. The minimum atomic E-state index is -4.61. The van der Waals surface area contributed by atoms with Crippen LogP contribution in [0.5, 0.6) is 0 Å². The summed E-state index contributed by atoms with van der Waals surface area (Å²) in [7, 11) is -5.27. The molecule has 8 heteroatoms. The molecule has 1 fully saturated rings. The van der Waals surface area contributed by atoms with Crippen LogP contribution in [0.3, 0.4) is 0 Å². The van der Waals surface area contributed by atoms with Crippen molar-refractivity contribution >= 4 is 22.4 Å². The summed E-state index contributed by atoms with van der Waals surface area (Å²) in [4.78, 5) is -0.372. The number of rotatable bonds is 3. The lowest BCUT2D eigenvalue weighted by molar-refractivity contribution is 0.00578. The normalized spacial score (nSPS) is 20.6. The Morgan fingerprint density at radius 2 is 1.59 bits per heavy atom. The molecule has 0 radical (unpaired) electrons. The Bertz CT molecular complexity index is 670. The Morgan fingerprint density at radius 1 is 1.09 bits per heavy atom. The second kappa shape index (κ2) is 5.28. The maximum atomic E-state index is 12.6. The van der Waals surface area contributed by atoms with E-state index in [1.54, 1.807) is 0 Å².